The fourth-order valence-electron chi connectivity index (χ4n) is 3.56. The van der Waals surface area contributed by atoms with Gasteiger partial charge in [-0.05, 0) is 29.8 Å². The topological polar surface area (TPSA) is 83.6 Å². The van der Waals surface area contributed by atoms with Crippen molar-refractivity contribution in [3.63, 3.8) is 0 Å². The summed E-state index contributed by atoms with van der Waals surface area (Å²) in [6.07, 6.45) is 0. The molecule has 3 aromatic rings. The third kappa shape index (κ3) is 3.86. The van der Waals surface area contributed by atoms with Crippen molar-refractivity contribution in [3.8, 4) is 0 Å². The highest BCUT2D eigenvalue weighted by Crippen LogP contribution is 2.42. The average Bonchev–Trinajstić information content (AvgIpc) is 3.32. The monoisotopic (exact) mass is 498 g/mol. The SMILES string of the molecule is CC(C)(C)c1cc(N2C(=O)C(=O)/C(=C(/O)c3ccc(Br)cc3)C2c2cccc(F)c2)no1. The zero-order valence-corrected chi connectivity index (χ0v) is 19.2. The molecule has 0 bridgehead atoms. The number of rotatable bonds is 3. The van der Waals surface area contributed by atoms with Crippen molar-refractivity contribution in [2.75, 3.05) is 4.90 Å². The van der Waals surface area contributed by atoms with Crippen LogP contribution in [0.4, 0.5) is 10.2 Å². The van der Waals surface area contributed by atoms with Gasteiger partial charge in [0.1, 0.15) is 17.3 Å². The molecule has 1 aromatic heterocycles. The fraction of sp³-hybridized carbons (Fsp3) is 0.208. The van der Waals surface area contributed by atoms with Gasteiger partial charge in [-0.15, -0.1) is 0 Å². The van der Waals surface area contributed by atoms with Crippen LogP contribution in [-0.2, 0) is 15.0 Å². The number of nitrogens with zero attached hydrogens (tertiary/aromatic N) is 2. The lowest BCUT2D eigenvalue weighted by molar-refractivity contribution is -0.132. The smallest absolute Gasteiger partial charge is 0.301 e. The van der Waals surface area contributed by atoms with E-state index in [0.717, 1.165) is 9.37 Å². The zero-order chi connectivity index (χ0) is 23.2. The van der Waals surface area contributed by atoms with Crippen LogP contribution in [0.5, 0.6) is 0 Å². The van der Waals surface area contributed by atoms with Crippen LogP contribution in [0.15, 0.2) is 69.2 Å². The first-order valence-corrected chi connectivity index (χ1v) is 10.7. The Labute approximate surface area is 192 Å². The number of aliphatic hydroxyl groups is 1. The van der Waals surface area contributed by atoms with Crippen molar-refractivity contribution < 1.29 is 23.6 Å². The van der Waals surface area contributed by atoms with Gasteiger partial charge in [-0.25, -0.2) is 4.39 Å². The van der Waals surface area contributed by atoms with E-state index in [9.17, 15) is 19.1 Å². The van der Waals surface area contributed by atoms with Crippen LogP contribution in [0.2, 0.25) is 0 Å². The lowest BCUT2D eigenvalue weighted by Gasteiger charge is -2.23. The van der Waals surface area contributed by atoms with Crippen LogP contribution in [0.25, 0.3) is 5.76 Å². The number of carbonyl (C=O) groups is 2. The maximum absolute atomic E-state index is 14.1. The summed E-state index contributed by atoms with van der Waals surface area (Å²) in [7, 11) is 0. The summed E-state index contributed by atoms with van der Waals surface area (Å²) in [4.78, 5) is 27.3. The standard InChI is InChI=1S/C24H20BrFN2O4/c1-24(2,3)17-12-18(27-32-17)28-20(14-5-4-6-16(26)11-14)19(22(30)23(28)31)21(29)13-7-9-15(25)10-8-13/h4-12,20,29H,1-3H3/b21-19+. The van der Waals surface area contributed by atoms with Gasteiger partial charge in [0.15, 0.2) is 5.82 Å². The van der Waals surface area contributed by atoms with E-state index < -0.39 is 23.5 Å². The van der Waals surface area contributed by atoms with Crippen molar-refractivity contribution in [3.05, 3.63) is 87.3 Å². The van der Waals surface area contributed by atoms with E-state index in [1.165, 1.54) is 18.2 Å². The summed E-state index contributed by atoms with van der Waals surface area (Å²) in [5, 5.41) is 15.0. The lowest BCUT2D eigenvalue weighted by Crippen LogP contribution is -2.29. The van der Waals surface area contributed by atoms with Crippen LogP contribution in [0.1, 0.15) is 43.7 Å². The van der Waals surface area contributed by atoms with Crippen LogP contribution in [-0.4, -0.2) is 22.0 Å². The second kappa shape index (κ2) is 8.02. The van der Waals surface area contributed by atoms with Crippen molar-refractivity contribution in [2.45, 2.75) is 32.2 Å². The first kappa shape index (κ1) is 22.0. The van der Waals surface area contributed by atoms with E-state index in [0.29, 0.717) is 16.9 Å². The third-order valence-electron chi connectivity index (χ3n) is 5.21. The highest BCUT2D eigenvalue weighted by atomic mass is 79.9. The average molecular weight is 499 g/mol. The minimum Gasteiger partial charge on any atom is -0.507 e. The Hall–Kier alpha value is -3.26. The first-order chi connectivity index (χ1) is 15.1. The van der Waals surface area contributed by atoms with Gasteiger partial charge in [-0.2, -0.15) is 0 Å². The molecule has 1 aliphatic rings. The van der Waals surface area contributed by atoms with Crippen LogP contribution >= 0.6 is 15.9 Å². The molecule has 164 valence electrons. The Morgan fingerprint density at radius 3 is 2.41 bits per heavy atom. The second-order valence-corrected chi connectivity index (χ2v) is 9.45. The highest BCUT2D eigenvalue weighted by Gasteiger charge is 2.48. The number of hydrogen-bond acceptors (Lipinski definition) is 5. The summed E-state index contributed by atoms with van der Waals surface area (Å²) in [6, 6.07) is 12.7. The zero-order valence-electron chi connectivity index (χ0n) is 17.6. The highest BCUT2D eigenvalue weighted by molar-refractivity contribution is 9.10. The number of halogens is 2. The van der Waals surface area contributed by atoms with Crippen molar-refractivity contribution in [1.82, 2.24) is 5.16 Å². The minimum absolute atomic E-state index is 0.112. The Bertz CT molecular complexity index is 1240. The number of carbonyl (C=O) groups excluding carboxylic acids is 2. The Morgan fingerprint density at radius 1 is 1.12 bits per heavy atom. The Kier molecular flexibility index (Phi) is 5.50. The summed E-state index contributed by atoms with van der Waals surface area (Å²) < 4.78 is 20.3. The molecule has 1 N–H and O–H groups in total. The van der Waals surface area contributed by atoms with E-state index in [4.69, 9.17) is 4.52 Å². The van der Waals surface area contributed by atoms with Gasteiger partial charge < -0.3 is 9.63 Å². The number of aromatic nitrogens is 1. The molecule has 1 aliphatic heterocycles. The Balaban J connectivity index is 1.93. The van der Waals surface area contributed by atoms with E-state index in [1.807, 2.05) is 20.8 Å². The molecule has 1 amide bonds. The van der Waals surface area contributed by atoms with E-state index in [2.05, 4.69) is 21.1 Å². The molecule has 32 heavy (non-hydrogen) atoms. The molecule has 4 rings (SSSR count). The molecule has 2 heterocycles. The lowest BCUT2D eigenvalue weighted by atomic mass is 9.93. The predicted molar refractivity (Wildman–Crippen MR) is 121 cm³/mol. The number of amides is 1. The number of aliphatic hydroxyl groups excluding tert-OH is 1. The van der Waals surface area contributed by atoms with Crippen molar-refractivity contribution in [1.29, 1.82) is 0 Å². The molecule has 0 saturated carbocycles. The van der Waals surface area contributed by atoms with E-state index >= 15 is 0 Å². The van der Waals surface area contributed by atoms with Crippen molar-refractivity contribution in [2.24, 2.45) is 0 Å². The quantitative estimate of drug-likeness (QED) is 0.292. The normalized spacial score (nSPS) is 18.4. The number of ketones is 1. The molecule has 8 heteroatoms. The molecule has 0 spiro atoms. The van der Waals surface area contributed by atoms with E-state index in [1.54, 1.807) is 36.4 Å². The molecule has 1 unspecified atom stereocenters. The van der Waals surface area contributed by atoms with Gasteiger partial charge in [0.25, 0.3) is 5.78 Å². The molecular weight excluding hydrogens is 479 g/mol. The number of anilines is 1. The molecule has 1 saturated heterocycles. The van der Waals surface area contributed by atoms with Gasteiger partial charge in [-0.3, -0.25) is 14.5 Å². The molecule has 1 atom stereocenters. The van der Waals surface area contributed by atoms with Gasteiger partial charge >= 0.3 is 5.91 Å². The molecule has 0 radical (unpaired) electrons. The predicted octanol–water partition coefficient (Wildman–Crippen LogP) is 5.50. The summed E-state index contributed by atoms with van der Waals surface area (Å²) in [6.45, 7) is 5.76. The summed E-state index contributed by atoms with van der Waals surface area (Å²) in [5.74, 6) is -2.03. The molecule has 6 nitrogen and oxygen atoms in total. The number of hydrogen-bond donors (Lipinski definition) is 1. The molecule has 1 fully saturated rings. The Morgan fingerprint density at radius 2 is 1.81 bits per heavy atom. The van der Waals surface area contributed by atoms with Crippen LogP contribution < -0.4 is 4.90 Å². The van der Waals surface area contributed by atoms with Gasteiger partial charge in [-0.1, -0.05) is 66.1 Å². The minimum atomic E-state index is -1.08. The second-order valence-electron chi connectivity index (χ2n) is 8.53. The fourth-order valence-corrected chi connectivity index (χ4v) is 3.82. The van der Waals surface area contributed by atoms with Gasteiger partial charge in [0.05, 0.1) is 11.6 Å². The molecular formula is C24H20BrFN2O4. The van der Waals surface area contributed by atoms with Crippen LogP contribution in [0, 0.1) is 5.82 Å². The summed E-state index contributed by atoms with van der Waals surface area (Å²) in [5.41, 5.74) is 0.138. The maximum atomic E-state index is 14.1. The third-order valence-corrected chi connectivity index (χ3v) is 5.74. The number of benzene rings is 2. The van der Waals surface area contributed by atoms with E-state index in [-0.39, 0.29) is 22.6 Å². The van der Waals surface area contributed by atoms with Crippen LogP contribution in [0.3, 0.4) is 0 Å². The molecule has 2 aromatic carbocycles. The van der Waals surface area contributed by atoms with Crippen molar-refractivity contribution >= 4 is 39.2 Å². The van der Waals surface area contributed by atoms with Gasteiger partial charge in [0.2, 0.25) is 0 Å². The molecule has 0 aliphatic carbocycles. The van der Waals surface area contributed by atoms with Gasteiger partial charge in [0, 0.05) is 21.5 Å². The largest absolute Gasteiger partial charge is 0.507 e. The maximum Gasteiger partial charge on any atom is 0.301 e. The first-order valence-electron chi connectivity index (χ1n) is 9.87. The number of Topliss-reactive ketones (excluding diaryl/α,β-unsaturated/α-hetero) is 1. The summed E-state index contributed by atoms with van der Waals surface area (Å²) >= 11 is 3.33.